The van der Waals surface area contributed by atoms with Gasteiger partial charge in [0.1, 0.15) is 17.7 Å². The zero-order chi connectivity index (χ0) is 11.6. The second-order valence-electron chi connectivity index (χ2n) is 3.14. The number of aliphatic hydroxyl groups excluding tert-OH is 2. The average molecular weight is 218 g/mol. The van der Waals surface area contributed by atoms with Crippen LogP contribution in [0.15, 0.2) is 12.1 Å². The van der Waals surface area contributed by atoms with Gasteiger partial charge in [0.25, 0.3) is 0 Å². The first-order chi connectivity index (χ1) is 6.97. The lowest BCUT2D eigenvalue weighted by Gasteiger charge is -2.18. The molecular weight excluding hydrogens is 206 g/mol. The molecular formula is C9H12F2N2O2. The molecule has 4 nitrogen and oxygen atoms in total. The van der Waals surface area contributed by atoms with Crippen LogP contribution < -0.4 is 11.5 Å². The molecule has 0 fully saturated rings. The normalized spacial score (nSPS) is 15.0. The first-order valence-corrected chi connectivity index (χ1v) is 4.28. The van der Waals surface area contributed by atoms with Crippen LogP contribution in [0.2, 0.25) is 0 Å². The SMILES string of the molecule is NCC(O)C(O)c1c(N)cc(F)cc1F. The molecule has 2 atom stereocenters. The average Bonchev–Trinajstić information content (AvgIpc) is 2.14. The van der Waals surface area contributed by atoms with Crippen molar-refractivity contribution in [2.45, 2.75) is 12.2 Å². The Labute approximate surface area is 85.1 Å². The Morgan fingerprint density at radius 1 is 1.27 bits per heavy atom. The van der Waals surface area contributed by atoms with Gasteiger partial charge in [-0.2, -0.15) is 0 Å². The summed E-state index contributed by atoms with van der Waals surface area (Å²) in [6, 6.07) is 1.45. The second kappa shape index (κ2) is 4.52. The highest BCUT2D eigenvalue weighted by molar-refractivity contribution is 5.49. The number of hydrogen-bond acceptors (Lipinski definition) is 4. The number of nitrogen functional groups attached to an aromatic ring is 1. The number of nitrogens with two attached hydrogens (primary N) is 2. The summed E-state index contributed by atoms with van der Waals surface area (Å²) in [5, 5.41) is 18.7. The van der Waals surface area contributed by atoms with E-state index < -0.39 is 23.8 Å². The number of rotatable bonds is 3. The van der Waals surface area contributed by atoms with Gasteiger partial charge in [0, 0.05) is 23.9 Å². The third kappa shape index (κ3) is 2.41. The molecule has 0 radical (unpaired) electrons. The summed E-state index contributed by atoms with van der Waals surface area (Å²) < 4.78 is 25.9. The molecule has 0 saturated heterocycles. The number of anilines is 1. The van der Waals surface area contributed by atoms with Crippen molar-refractivity contribution < 1.29 is 19.0 Å². The molecule has 0 aliphatic heterocycles. The second-order valence-corrected chi connectivity index (χ2v) is 3.14. The van der Waals surface area contributed by atoms with Gasteiger partial charge in [-0.3, -0.25) is 0 Å². The van der Waals surface area contributed by atoms with Gasteiger partial charge in [-0.1, -0.05) is 0 Å². The minimum absolute atomic E-state index is 0.253. The standard InChI is InChI=1S/C9H12F2N2O2/c10-4-1-5(11)8(6(13)2-4)9(15)7(14)3-12/h1-2,7,9,14-15H,3,12-13H2. The van der Waals surface area contributed by atoms with Gasteiger partial charge in [-0.05, 0) is 6.07 Å². The van der Waals surface area contributed by atoms with Crippen LogP contribution in [0.25, 0.3) is 0 Å². The van der Waals surface area contributed by atoms with Crippen molar-refractivity contribution in [1.82, 2.24) is 0 Å². The van der Waals surface area contributed by atoms with Crippen LogP contribution in [-0.2, 0) is 0 Å². The van der Waals surface area contributed by atoms with Gasteiger partial charge in [-0.15, -0.1) is 0 Å². The molecule has 0 amide bonds. The largest absolute Gasteiger partial charge is 0.398 e. The summed E-state index contributed by atoms with van der Waals surface area (Å²) in [7, 11) is 0. The lowest BCUT2D eigenvalue weighted by atomic mass is 10.0. The summed E-state index contributed by atoms with van der Waals surface area (Å²) in [5.74, 6) is -1.85. The maximum absolute atomic E-state index is 13.2. The molecule has 1 aromatic rings. The van der Waals surface area contributed by atoms with E-state index in [-0.39, 0.29) is 17.8 Å². The third-order valence-corrected chi connectivity index (χ3v) is 2.03. The quantitative estimate of drug-likeness (QED) is 0.533. The molecule has 6 heteroatoms. The van der Waals surface area contributed by atoms with E-state index in [0.717, 1.165) is 6.07 Å². The molecule has 0 spiro atoms. The molecule has 0 bridgehead atoms. The fraction of sp³-hybridized carbons (Fsp3) is 0.333. The molecule has 2 unspecified atom stereocenters. The van der Waals surface area contributed by atoms with E-state index in [0.29, 0.717) is 6.07 Å². The van der Waals surface area contributed by atoms with Crippen molar-refractivity contribution in [2.24, 2.45) is 5.73 Å². The van der Waals surface area contributed by atoms with Crippen LogP contribution in [0.3, 0.4) is 0 Å². The van der Waals surface area contributed by atoms with Crippen molar-refractivity contribution in [3.8, 4) is 0 Å². The molecule has 1 aromatic carbocycles. The van der Waals surface area contributed by atoms with Crippen LogP contribution in [0.5, 0.6) is 0 Å². The zero-order valence-corrected chi connectivity index (χ0v) is 7.82. The number of hydrogen-bond donors (Lipinski definition) is 4. The zero-order valence-electron chi connectivity index (χ0n) is 7.82. The maximum atomic E-state index is 13.2. The molecule has 6 N–H and O–H groups in total. The highest BCUT2D eigenvalue weighted by Crippen LogP contribution is 2.26. The lowest BCUT2D eigenvalue weighted by Crippen LogP contribution is -2.28. The van der Waals surface area contributed by atoms with Crippen LogP contribution in [0.1, 0.15) is 11.7 Å². The van der Waals surface area contributed by atoms with E-state index in [2.05, 4.69) is 0 Å². The fourth-order valence-corrected chi connectivity index (χ4v) is 1.24. The van der Waals surface area contributed by atoms with Gasteiger partial charge in [-0.25, -0.2) is 8.78 Å². The number of aliphatic hydroxyl groups is 2. The van der Waals surface area contributed by atoms with Crippen molar-refractivity contribution in [3.63, 3.8) is 0 Å². The Bertz CT molecular complexity index is 337. The van der Waals surface area contributed by atoms with E-state index in [9.17, 15) is 19.0 Å². The Morgan fingerprint density at radius 3 is 2.33 bits per heavy atom. The smallest absolute Gasteiger partial charge is 0.134 e. The van der Waals surface area contributed by atoms with Crippen LogP contribution in [0.4, 0.5) is 14.5 Å². The highest BCUT2D eigenvalue weighted by atomic mass is 19.1. The van der Waals surface area contributed by atoms with Crippen molar-refractivity contribution in [2.75, 3.05) is 12.3 Å². The van der Waals surface area contributed by atoms with Crippen LogP contribution >= 0.6 is 0 Å². The molecule has 84 valence electrons. The molecule has 0 aliphatic rings. The first-order valence-electron chi connectivity index (χ1n) is 4.28. The van der Waals surface area contributed by atoms with Gasteiger partial charge < -0.3 is 21.7 Å². The van der Waals surface area contributed by atoms with Gasteiger partial charge in [0.05, 0.1) is 6.10 Å². The lowest BCUT2D eigenvalue weighted by molar-refractivity contribution is 0.0226. The number of halogens is 2. The highest BCUT2D eigenvalue weighted by Gasteiger charge is 2.23. The predicted molar refractivity (Wildman–Crippen MR) is 50.8 cm³/mol. The summed E-state index contributed by atoms with van der Waals surface area (Å²) in [4.78, 5) is 0. The number of benzene rings is 1. The van der Waals surface area contributed by atoms with Gasteiger partial charge >= 0.3 is 0 Å². The van der Waals surface area contributed by atoms with Crippen LogP contribution in [0, 0.1) is 11.6 Å². The van der Waals surface area contributed by atoms with E-state index in [1.54, 1.807) is 0 Å². The van der Waals surface area contributed by atoms with Crippen molar-refractivity contribution in [3.05, 3.63) is 29.3 Å². The van der Waals surface area contributed by atoms with E-state index >= 15 is 0 Å². The molecule has 0 heterocycles. The Hall–Kier alpha value is -1.24. The van der Waals surface area contributed by atoms with Crippen molar-refractivity contribution >= 4 is 5.69 Å². The minimum atomic E-state index is -1.56. The Kier molecular flexibility index (Phi) is 3.57. The summed E-state index contributed by atoms with van der Waals surface area (Å²) >= 11 is 0. The maximum Gasteiger partial charge on any atom is 0.134 e. The minimum Gasteiger partial charge on any atom is -0.398 e. The Morgan fingerprint density at radius 2 is 1.87 bits per heavy atom. The van der Waals surface area contributed by atoms with Gasteiger partial charge in [0.15, 0.2) is 0 Å². The first kappa shape index (κ1) is 11.8. The summed E-state index contributed by atoms with van der Waals surface area (Å²) in [6.45, 7) is -0.253. The van der Waals surface area contributed by atoms with E-state index in [4.69, 9.17) is 11.5 Å². The molecule has 1 rings (SSSR count). The molecule has 15 heavy (non-hydrogen) atoms. The predicted octanol–water partition coefficient (Wildman–Crippen LogP) is -0.100. The summed E-state index contributed by atoms with van der Waals surface area (Å²) in [6.07, 6.45) is -2.90. The summed E-state index contributed by atoms with van der Waals surface area (Å²) in [5.41, 5.74) is 9.82. The molecule has 0 saturated carbocycles. The monoisotopic (exact) mass is 218 g/mol. The fourth-order valence-electron chi connectivity index (χ4n) is 1.24. The third-order valence-electron chi connectivity index (χ3n) is 2.03. The molecule has 0 aromatic heterocycles. The van der Waals surface area contributed by atoms with E-state index in [1.165, 1.54) is 0 Å². The van der Waals surface area contributed by atoms with Crippen molar-refractivity contribution in [1.29, 1.82) is 0 Å². The Balaban J connectivity index is 3.13. The van der Waals surface area contributed by atoms with Crippen LogP contribution in [-0.4, -0.2) is 22.9 Å². The molecule has 0 aliphatic carbocycles. The van der Waals surface area contributed by atoms with Gasteiger partial charge in [0.2, 0.25) is 0 Å². The topological polar surface area (TPSA) is 92.5 Å². The van der Waals surface area contributed by atoms with E-state index in [1.807, 2.05) is 0 Å².